The van der Waals surface area contributed by atoms with Crippen molar-refractivity contribution >= 4 is 21.6 Å². The number of fused-ring (bicyclic) bond motifs is 1. The zero-order valence-electron chi connectivity index (χ0n) is 16.2. The quantitative estimate of drug-likeness (QED) is 0.225. The van der Waals surface area contributed by atoms with Gasteiger partial charge in [-0.05, 0) is 40.0 Å². The highest BCUT2D eigenvalue weighted by atomic mass is 32.2. The first-order valence-corrected chi connectivity index (χ1v) is 11.2. The van der Waals surface area contributed by atoms with Crippen molar-refractivity contribution in [1.29, 1.82) is 4.78 Å². The predicted molar refractivity (Wildman–Crippen MR) is 105 cm³/mol. The van der Waals surface area contributed by atoms with Gasteiger partial charge in [-0.1, -0.05) is 11.2 Å². The fourth-order valence-corrected chi connectivity index (χ4v) is 4.39. The number of nitrogens with one attached hydrogen (secondary N) is 3. The van der Waals surface area contributed by atoms with E-state index in [-0.39, 0.29) is 35.3 Å². The van der Waals surface area contributed by atoms with Crippen LogP contribution in [0.4, 0.5) is 10.2 Å². The van der Waals surface area contributed by atoms with Gasteiger partial charge in [0, 0.05) is 25.9 Å². The molecule has 1 fully saturated rings. The summed E-state index contributed by atoms with van der Waals surface area (Å²) in [6.45, 7) is 1.42. The molecule has 1 aliphatic carbocycles. The summed E-state index contributed by atoms with van der Waals surface area (Å²) in [5.41, 5.74) is 1.97. The summed E-state index contributed by atoms with van der Waals surface area (Å²) >= 11 is 0. The number of rotatable bonds is 6. The van der Waals surface area contributed by atoms with Crippen LogP contribution in [0.1, 0.15) is 22.9 Å². The Morgan fingerprint density at radius 2 is 2.33 bits per heavy atom. The Labute approximate surface area is 172 Å². The van der Waals surface area contributed by atoms with E-state index in [0.717, 1.165) is 11.1 Å². The molecule has 0 spiro atoms. The van der Waals surface area contributed by atoms with E-state index < -0.39 is 9.92 Å². The number of benzene rings is 1. The van der Waals surface area contributed by atoms with Gasteiger partial charge in [-0.25, -0.2) is 22.3 Å². The number of halogens is 1. The van der Waals surface area contributed by atoms with Gasteiger partial charge in [-0.2, -0.15) is 0 Å². The third-order valence-corrected chi connectivity index (χ3v) is 6.44. The average molecular weight is 439 g/mol. The minimum Gasteiger partial charge on any atom is -0.409 e. The SMILES string of the molecule is CS(=N)(=O)N1CCO[C@H](CNc2nonc2/C(=N\O)N[C@H]2Cc3ccc(F)cc32)C1. The number of ether oxygens (including phenoxy) is 1. The number of hydrogen-bond donors (Lipinski definition) is 4. The fraction of sp³-hybridized carbons (Fsp3) is 0.471. The second-order valence-corrected chi connectivity index (χ2v) is 9.34. The Kier molecular flexibility index (Phi) is 5.58. The Balaban J connectivity index is 1.40. The van der Waals surface area contributed by atoms with Crippen LogP contribution in [-0.2, 0) is 21.1 Å². The molecule has 13 heteroatoms. The lowest BCUT2D eigenvalue weighted by atomic mass is 9.83. The molecular weight excluding hydrogens is 417 g/mol. The van der Waals surface area contributed by atoms with E-state index in [9.17, 15) is 13.8 Å². The van der Waals surface area contributed by atoms with Crippen LogP contribution in [-0.4, -0.2) is 68.5 Å². The molecule has 11 nitrogen and oxygen atoms in total. The molecule has 30 heavy (non-hydrogen) atoms. The lowest BCUT2D eigenvalue weighted by molar-refractivity contribution is 0.00787. The van der Waals surface area contributed by atoms with Crippen molar-refractivity contribution in [1.82, 2.24) is 19.9 Å². The van der Waals surface area contributed by atoms with Crippen LogP contribution in [0.15, 0.2) is 28.0 Å². The van der Waals surface area contributed by atoms with Crippen LogP contribution >= 0.6 is 0 Å². The largest absolute Gasteiger partial charge is 0.409 e. The molecule has 1 aromatic heterocycles. The van der Waals surface area contributed by atoms with Crippen molar-refractivity contribution in [2.75, 3.05) is 37.8 Å². The van der Waals surface area contributed by atoms with Crippen LogP contribution in [0.2, 0.25) is 0 Å². The summed E-state index contributed by atoms with van der Waals surface area (Å²) in [7, 11) is -2.80. The normalized spacial score (nSPS) is 23.9. The maximum atomic E-state index is 13.5. The second-order valence-electron chi connectivity index (χ2n) is 7.22. The molecule has 3 atom stereocenters. The molecule has 0 radical (unpaired) electrons. The fourth-order valence-electron chi connectivity index (χ4n) is 3.52. The summed E-state index contributed by atoms with van der Waals surface area (Å²) in [5, 5.41) is 26.3. The van der Waals surface area contributed by atoms with Crippen molar-refractivity contribution in [3.05, 3.63) is 40.8 Å². The molecule has 2 aliphatic rings. The number of hydrogen-bond acceptors (Lipinski definition) is 9. The third-order valence-electron chi connectivity index (χ3n) is 5.12. The highest BCUT2D eigenvalue weighted by Gasteiger charge is 2.30. The Morgan fingerprint density at radius 1 is 1.50 bits per heavy atom. The maximum Gasteiger partial charge on any atom is 0.202 e. The second kappa shape index (κ2) is 8.16. The highest BCUT2D eigenvalue weighted by Crippen LogP contribution is 2.33. The number of anilines is 1. The molecule has 162 valence electrons. The van der Waals surface area contributed by atoms with Gasteiger partial charge in [0.05, 0.1) is 18.8 Å². The van der Waals surface area contributed by atoms with Crippen LogP contribution in [0, 0.1) is 10.6 Å². The minimum absolute atomic E-state index is 0.0348. The van der Waals surface area contributed by atoms with Crippen molar-refractivity contribution < 1.29 is 23.2 Å². The number of amidine groups is 1. The standard InChI is InChI=1S/C17H22FN7O4S/c1-30(19,27)25-4-5-28-12(9-25)8-20-16-15(23-29-24-16)17(22-26)21-14-6-10-2-3-11(18)7-13(10)14/h2-3,7,12,14,19,26H,4-6,8-9H2,1H3,(H,20,24)(H,21,22)/t12-,14+,30?/m1/s1. The summed E-state index contributed by atoms with van der Waals surface area (Å²) in [4.78, 5) is 0. The third kappa shape index (κ3) is 4.22. The first kappa shape index (κ1) is 20.5. The molecule has 0 bridgehead atoms. The smallest absolute Gasteiger partial charge is 0.202 e. The Bertz CT molecular complexity index is 1060. The number of morpholine rings is 1. The van der Waals surface area contributed by atoms with Crippen LogP contribution < -0.4 is 10.6 Å². The van der Waals surface area contributed by atoms with Gasteiger partial charge >= 0.3 is 0 Å². The van der Waals surface area contributed by atoms with E-state index in [4.69, 9.17) is 14.1 Å². The summed E-state index contributed by atoms with van der Waals surface area (Å²) in [5.74, 6) is -0.0658. The van der Waals surface area contributed by atoms with E-state index in [1.807, 2.05) is 0 Å². The van der Waals surface area contributed by atoms with Gasteiger partial charge in [0.2, 0.25) is 5.82 Å². The first-order chi connectivity index (χ1) is 14.3. The monoisotopic (exact) mass is 439 g/mol. The highest BCUT2D eigenvalue weighted by molar-refractivity contribution is 7.89. The van der Waals surface area contributed by atoms with Gasteiger partial charge < -0.3 is 20.6 Å². The van der Waals surface area contributed by atoms with E-state index in [1.165, 1.54) is 18.4 Å². The molecule has 2 heterocycles. The molecule has 2 aromatic rings. The van der Waals surface area contributed by atoms with Crippen molar-refractivity contribution in [3.8, 4) is 0 Å². The molecule has 1 saturated heterocycles. The maximum absolute atomic E-state index is 13.5. The number of nitrogens with zero attached hydrogens (tertiary/aromatic N) is 4. The Hall–Kier alpha value is -2.77. The Morgan fingerprint density at radius 3 is 3.10 bits per heavy atom. The van der Waals surface area contributed by atoms with Gasteiger partial charge in [0.15, 0.2) is 11.5 Å². The zero-order valence-corrected chi connectivity index (χ0v) is 17.0. The summed E-state index contributed by atoms with van der Waals surface area (Å²) in [6, 6.07) is 4.35. The average Bonchev–Trinajstić information content (AvgIpc) is 3.17. The van der Waals surface area contributed by atoms with Gasteiger partial charge in [-0.15, -0.1) is 0 Å². The molecule has 1 unspecified atom stereocenters. The number of aromatic nitrogens is 2. The molecular formula is C17H22FN7O4S. The molecule has 1 aliphatic heterocycles. The van der Waals surface area contributed by atoms with Gasteiger partial charge in [-0.3, -0.25) is 0 Å². The van der Waals surface area contributed by atoms with E-state index in [0.29, 0.717) is 32.7 Å². The van der Waals surface area contributed by atoms with Gasteiger partial charge in [0.25, 0.3) is 0 Å². The summed E-state index contributed by atoms with van der Waals surface area (Å²) < 4.78 is 45.2. The lowest BCUT2D eigenvalue weighted by Gasteiger charge is -2.32. The lowest BCUT2D eigenvalue weighted by Crippen LogP contribution is -2.47. The van der Waals surface area contributed by atoms with E-state index in [2.05, 4.69) is 26.1 Å². The molecule has 4 rings (SSSR count). The van der Waals surface area contributed by atoms with E-state index in [1.54, 1.807) is 10.4 Å². The zero-order chi connectivity index (χ0) is 21.3. The van der Waals surface area contributed by atoms with Crippen LogP contribution in [0.5, 0.6) is 0 Å². The summed E-state index contributed by atoms with van der Waals surface area (Å²) in [6.07, 6.45) is 1.71. The minimum atomic E-state index is -2.80. The topological polar surface area (TPSA) is 149 Å². The van der Waals surface area contributed by atoms with Gasteiger partial charge in [0.1, 0.15) is 15.7 Å². The van der Waals surface area contributed by atoms with Crippen LogP contribution in [0.25, 0.3) is 0 Å². The van der Waals surface area contributed by atoms with E-state index >= 15 is 0 Å². The number of oxime groups is 1. The molecule has 0 saturated carbocycles. The van der Waals surface area contributed by atoms with Crippen molar-refractivity contribution in [3.63, 3.8) is 0 Å². The predicted octanol–water partition coefficient (Wildman–Crippen LogP) is 0.936. The molecule has 1 aromatic carbocycles. The molecule has 4 N–H and O–H groups in total. The molecule has 0 amide bonds. The van der Waals surface area contributed by atoms with Crippen LogP contribution in [0.3, 0.4) is 0 Å². The van der Waals surface area contributed by atoms with Crippen molar-refractivity contribution in [2.24, 2.45) is 5.16 Å². The first-order valence-electron chi connectivity index (χ1n) is 9.29. The van der Waals surface area contributed by atoms with Crippen molar-refractivity contribution in [2.45, 2.75) is 18.6 Å².